The van der Waals surface area contributed by atoms with E-state index in [2.05, 4.69) is 40.7 Å². The zero-order valence-electron chi connectivity index (χ0n) is 25.4. The minimum Gasteiger partial charge on any atom is -0.475 e. The van der Waals surface area contributed by atoms with Gasteiger partial charge < -0.3 is 25.2 Å². The maximum Gasteiger partial charge on any atom is 0.490 e. The van der Waals surface area contributed by atoms with Crippen molar-refractivity contribution >= 4 is 61.6 Å². The van der Waals surface area contributed by atoms with Crippen molar-refractivity contribution in [2.45, 2.75) is 19.5 Å². The number of aliphatic carboxylic acids is 1. The van der Waals surface area contributed by atoms with E-state index in [1.54, 1.807) is 6.20 Å². The van der Waals surface area contributed by atoms with Crippen LogP contribution in [0, 0.1) is 6.92 Å². The Kier molecular flexibility index (Phi) is 10.2. The number of carboxylic acid groups (broad SMARTS) is 1. The molecule has 0 radical (unpaired) electrons. The second-order valence-electron chi connectivity index (χ2n) is 10.5. The van der Waals surface area contributed by atoms with Crippen LogP contribution in [0.1, 0.15) is 11.1 Å². The first kappa shape index (κ1) is 33.7. The number of imidazole rings is 1. The molecule has 46 heavy (non-hydrogen) atoms. The van der Waals surface area contributed by atoms with E-state index in [0.29, 0.717) is 18.2 Å². The van der Waals surface area contributed by atoms with Gasteiger partial charge in [0.05, 0.1) is 16.8 Å². The van der Waals surface area contributed by atoms with Crippen molar-refractivity contribution in [3.8, 4) is 0 Å². The number of carbonyl (C=O) groups is 1. The molecule has 5 rings (SSSR count). The summed E-state index contributed by atoms with van der Waals surface area (Å²) < 4.78 is 56.8. The normalized spacial score (nSPS) is 11.5. The number of sulfone groups is 1. The number of aromatic nitrogens is 4. The van der Waals surface area contributed by atoms with E-state index in [-0.39, 0.29) is 5.75 Å². The highest BCUT2D eigenvalue weighted by molar-refractivity contribution is 7.90. The molecular formula is C31H32F3N7O4S. The van der Waals surface area contributed by atoms with Gasteiger partial charge in [-0.05, 0) is 67.4 Å². The fourth-order valence-corrected chi connectivity index (χ4v) is 4.85. The Hall–Kier alpha value is -5.18. The molecule has 0 atom stereocenters. The summed E-state index contributed by atoms with van der Waals surface area (Å²) in [6.45, 7) is 2.07. The van der Waals surface area contributed by atoms with Crippen LogP contribution in [-0.4, -0.2) is 64.2 Å². The van der Waals surface area contributed by atoms with Crippen LogP contribution in [0.25, 0.3) is 11.0 Å². The number of anilines is 6. The Balaban J connectivity index is 0.000000617. The molecule has 0 amide bonds. The quantitative estimate of drug-likeness (QED) is 0.169. The summed E-state index contributed by atoms with van der Waals surface area (Å²) in [5.74, 6) is -0.720. The largest absolute Gasteiger partial charge is 0.490 e. The molecule has 0 unspecified atom stereocenters. The van der Waals surface area contributed by atoms with Crippen LogP contribution < -0.4 is 15.5 Å². The van der Waals surface area contributed by atoms with Crippen LogP contribution in [-0.2, 0) is 28.1 Å². The van der Waals surface area contributed by atoms with Gasteiger partial charge in [-0.25, -0.2) is 23.2 Å². The first-order valence-corrected chi connectivity index (χ1v) is 15.9. The van der Waals surface area contributed by atoms with Crippen molar-refractivity contribution < 1.29 is 31.5 Å². The molecule has 2 aromatic heterocycles. The SMILES string of the molecule is Cc1ccc(Nc2nc3cc(N(C)c4ccnc(Nc5cccc(CCS(C)(=O)=O)c5)n4)ccc3n2C)cc1.O=C(O)C(F)(F)F. The minimum absolute atomic E-state index is 0.108. The average Bonchev–Trinajstić information content (AvgIpc) is 3.30. The van der Waals surface area contributed by atoms with Gasteiger partial charge in [-0.2, -0.15) is 18.2 Å². The van der Waals surface area contributed by atoms with Crippen LogP contribution in [0.15, 0.2) is 79.0 Å². The molecule has 0 saturated heterocycles. The molecule has 0 aliphatic heterocycles. The van der Waals surface area contributed by atoms with Gasteiger partial charge in [0.2, 0.25) is 11.9 Å². The molecule has 11 nitrogen and oxygen atoms in total. The van der Waals surface area contributed by atoms with Gasteiger partial charge in [-0.1, -0.05) is 29.8 Å². The molecule has 15 heteroatoms. The summed E-state index contributed by atoms with van der Waals surface area (Å²) >= 11 is 0. The van der Waals surface area contributed by atoms with Crippen molar-refractivity contribution in [1.29, 1.82) is 0 Å². The minimum atomic E-state index is -5.08. The molecular weight excluding hydrogens is 623 g/mol. The lowest BCUT2D eigenvalue weighted by atomic mass is 10.1. The van der Waals surface area contributed by atoms with Crippen LogP contribution in [0.3, 0.4) is 0 Å². The van der Waals surface area contributed by atoms with Crippen LogP contribution >= 0.6 is 0 Å². The van der Waals surface area contributed by atoms with E-state index in [0.717, 1.165) is 39.6 Å². The molecule has 5 aromatic rings. The Morgan fingerprint density at radius 2 is 1.67 bits per heavy atom. The Morgan fingerprint density at radius 1 is 0.978 bits per heavy atom. The van der Waals surface area contributed by atoms with Gasteiger partial charge in [-0.15, -0.1) is 0 Å². The first-order chi connectivity index (χ1) is 21.6. The average molecular weight is 656 g/mol. The summed E-state index contributed by atoms with van der Waals surface area (Å²) in [4.78, 5) is 24.8. The number of fused-ring (bicyclic) bond motifs is 1. The van der Waals surface area contributed by atoms with Crippen molar-refractivity contribution in [2.24, 2.45) is 7.05 Å². The van der Waals surface area contributed by atoms with Crippen LogP contribution in [0.4, 0.5) is 47.9 Å². The number of nitrogens with zero attached hydrogens (tertiary/aromatic N) is 5. The molecule has 0 aliphatic rings. The first-order valence-electron chi connectivity index (χ1n) is 13.8. The third-order valence-electron chi connectivity index (χ3n) is 6.73. The second-order valence-corrected chi connectivity index (χ2v) is 12.7. The van der Waals surface area contributed by atoms with Gasteiger partial charge in [0.15, 0.2) is 0 Å². The number of nitrogens with one attached hydrogen (secondary N) is 2. The summed E-state index contributed by atoms with van der Waals surface area (Å²) in [5.41, 5.74) is 6.74. The van der Waals surface area contributed by atoms with Gasteiger partial charge in [-0.3, -0.25) is 0 Å². The lowest BCUT2D eigenvalue weighted by Gasteiger charge is -2.19. The zero-order chi connectivity index (χ0) is 33.6. The number of hydrogen-bond acceptors (Lipinski definition) is 9. The Labute approximate surface area is 263 Å². The highest BCUT2D eigenvalue weighted by Crippen LogP contribution is 2.29. The van der Waals surface area contributed by atoms with Crippen LogP contribution in [0.5, 0.6) is 0 Å². The molecule has 0 saturated carbocycles. The predicted octanol–water partition coefficient (Wildman–Crippen LogP) is 6.15. The highest BCUT2D eigenvalue weighted by atomic mass is 32.2. The van der Waals surface area contributed by atoms with E-state index in [1.807, 2.05) is 78.2 Å². The molecule has 0 spiro atoms. The number of alkyl halides is 3. The number of benzene rings is 3. The predicted molar refractivity (Wildman–Crippen MR) is 172 cm³/mol. The molecule has 3 aromatic carbocycles. The van der Waals surface area contributed by atoms with Gasteiger partial charge >= 0.3 is 12.1 Å². The topological polar surface area (TPSA) is 142 Å². The number of carboxylic acids is 1. The van der Waals surface area contributed by atoms with E-state index in [4.69, 9.17) is 19.9 Å². The van der Waals surface area contributed by atoms with Gasteiger partial charge in [0.1, 0.15) is 15.7 Å². The number of aryl methyl sites for hydroxylation is 3. The van der Waals surface area contributed by atoms with Crippen molar-refractivity contribution in [2.75, 3.05) is 34.6 Å². The van der Waals surface area contributed by atoms with Gasteiger partial charge in [0, 0.05) is 43.6 Å². The molecule has 0 bridgehead atoms. The van der Waals surface area contributed by atoms with E-state index >= 15 is 0 Å². The number of rotatable bonds is 9. The third kappa shape index (κ3) is 9.17. The maximum absolute atomic E-state index is 11.5. The monoisotopic (exact) mass is 655 g/mol. The van der Waals surface area contributed by atoms with Gasteiger partial charge in [0.25, 0.3) is 0 Å². The fourth-order valence-electron chi connectivity index (χ4n) is 4.24. The molecule has 2 heterocycles. The summed E-state index contributed by atoms with van der Waals surface area (Å²) in [5, 5.41) is 13.8. The number of hydrogen-bond donors (Lipinski definition) is 3. The maximum atomic E-state index is 11.5. The van der Waals surface area contributed by atoms with Crippen molar-refractivity contribution in [3.05, 3.63) is 90.1 Å². The third-order valence-corrected chi connectivity index (χ3v) is 7.68. The molecule has 242 valence electrons. The van der Waals surface area contributed by atoms with Crippen LogP contribution in [0.2, 0.25) is 0 Å². The lowest BCUT2D eigenvalue weighted by molar-refractivity contribution is -0.192. The second kappa shape index (κ2) is 13.9. The summed E-state index contributed by atoms with van der Waals surface area (Å²) in [6.07, 6.45) is -1.68. The zero-order valence-corrected chi connectivity index (χ0v) is 26.2. The van der Waals surface area contributed by atoms with Crippen molar-refractivity contribution in [1.82, 2.24) is 19.5 Å². The Morgan fingerprint density at radius 3 is 2.33 bits per heavy atom. The summed E-state index contributed by atoms with van der Waals surface area (Å²) in [7, 11) is 0.919. The summed E-state index contributed by atoms with van der Waals surface area (Å²) in [6, 6.07) is 23.8. The number of halogens is 3. The standard InChI is InChI=1S/C29H31N7O2S.C2HF3O2/c1-20-8-10-22(11-9-20)32-29-33-25-19-24(12-13-26(25)36(29)3)35(2)27-14-16-30-28(34-27)31-23-7-5-6-21(18-23)15-17-39(4,37)38;3-2(4,5)1(6)7/h5-14,16,18-19H,15,17H2,1-4H3,(H,32,33)(H,30,31,34);(H,6,7). The highest BCUT2D eigenvalue weighted by Gasteiger charge is 2.38. The Bertz CT molecular complexity index is 1950. The molecule has 0 fully saturated rings. The lowest BCUT2D eigenvalue weighted by Crippen LogP contribution is -2.21. The van der Waals surface area contributed by atoms with Crippen molar-refractivity contribution in [3.63, 3.8) is 0 Å². The van der Waals surface area contributed by atoms with E-state index in [1.165, 1.54) is 11.8 Å². The van der Waals surface area contributed by atoms with E-state index in [9.17, 15) is 21.6 Å². The van der Waals surface area contributed by atoms with E-state index < -0.39 is 22.0 Å². The molecule has 3 N–H and O–H groups in total. The smallest absolute Gasteiger partial charge is 0.475 e. The molecule has 0 aliphatic carbocycles. The fraction of sp³-hybridized carbons (Fsp3) is 0.226.